The molecule has 0 aromatic rings. The molecular formula is C9H13O2-. The van der Waals surface area contributed by atoms with Crippen LogP contribution in [0.15, 0.2) is 24.3 Å². The molecule has 0 N–H and O–H groups in total. The highest BCUT2D eigenvalue weighted by atomic mass is 16.4. The second-order valence-corrected chi connectivity index (χ2v) is 2.25. The highest BCUT2D eigenvalue weighted by molar-refractivity contribution is 5.77. The van der Waals surface area contributed by atoms with Crippen LogP contribution in [0.4, 0.5) is 0 Å². The Kier molecular flexibility index (Phi) is 6.39. The van der Waals surface area contributed by atoms with Gasteiger partial charge in [-0.1, -0.05) is 38.0 Å². The number of carbonyl (C=O) groups is 1. The molecule has 0 aliphatic rings. The van der Waals surface area contributed by atoms with Crippen molar-refractivity contribution in [3.05, 3.63) is 24.3 Å². The molecule has 0 aliphatic carbocycles. The summed E-state index contributed by atoms with van der Waals surface area (Å²) in [6, 6.07) is 0. The molecule has 0 amide bonds. The van der Waals surface area contributed by atoms with E-state index >= 15 is 0 Å². The van der Waals surface area contributed by atoms with Crippen molar-refractivity contribution in [1.82, 2.24) is 0 Å². The highest BCUT2D eigenvalue weighted by Crippen LogP contribution is 1.94. The molecule has 0 saturated carbocycles. The minimum Gasteiger partial charge on any atom is -0.545 e. The summed E-state index contributed by atoms with van der Waals surface area (Å²) in [6.07, 6.45) is 9.49. The molecule has 0 bridgehead atoms. The van der Waals surface area contributed by atoms with E-state index in [-0.39, 0.29) is 0 Å². The molecule has 0 aromatic heterocycles. The molecule has 0 saturated heterocycles. The van der Waals surface area contributed by atoms with E-state index in [0.717, 1.165) is 25.3 Å². The average molecular weight is 153 g/mol. The van der Waals surface area contributed by atoms with E-state index < -0.39 is 5.97 Å². The Balaban J connectivity index is 3.36. The van der Waals surface area contributed by atoms with Crippen LogP contribution in [0.5, 0.6) is 0 Å². The number of unbranched alkanes of at least 4 members (excludes halogenated alkanes) is 2. The third-order valence-corrected chi connectivity index (χ3v) is 1.20. The van der Waals surface area contributed by atoms with Gasteiger partial charge in [-0.15, -0.1) is 0 Å². The minimum atomic E-state index is -1.15. The van der Waals surface area contributed by atoms with Crippen LogP contribution >= 0.6 is 0 Å². The fourth-order valence-corrected chi connectivity index (χ4v) is 0.631. The Labute approximate surface area is 67.2 Å². The third kappa shape index (κ3) is 8.95. The van der Waals surface area contributed by atoms with Crippen LogP contribution in [0.25, 0.3) is 0 Å². The standard InChI is InChI=1S/C9H14O2/c1-2-3-4-5-6-7-8-9(10)11/h5-8H,2-4H2,1H3,(H,10,11)/p-1/b6-5?,8-7+. The van der Waals surface area contributed by atoms with Crippen molar-refractivity contribution in [1.29, 1.82) is 0 Å². The first-order chi connectivity index (χ1) is 5.27. The van der Waals surface area contributed by atoms with Crippen molar-refractivity contribution in [3.8, 4) is 0 Å². The van der Waals surface area contributed by atoms with Crippen molar-refractivity contribution in [2.45, 2.75) is 26.2 Å². The zero-order valence-electron chi connectivity index (χ0n) is 6.75. The lowest BCUT2D eigenvalue weighted by Gasteiger charge is -1.87. The number of rotatable bonds is 5. The predicted molar refractivity (Wildman–Crippen MR) is 42.8 cm³/mol. The second kappa shape index (κ2) is 7.06. The van der Waals surface area contributed by atoms with Crippen LogP contribution < -0.4 is 5.11 Å². The molecule has 0 heterocycles. The molecular weight excluding hydrogens is 140 g/mol. The zero-order chi connectivity index (χ0) is 8.53. The topological polar surface area (TPSA) is 40.1 Å². The third-order valence-electron chi connectivity index (χ3n) is 1.20. The number of hydrogen-bond donors (Lipinski definition) is 0. The number of aliphatic carboxylic acids is 1. The van der Waals surface area contributed by atoms with Crippen molar-refractivity contribution in [2.24, 2.45) is 0 Å². The van der Waals surface area contributed by atoms with E-state index in [9.17, 15) is 9.90 Å². The summed E-state index contributed by atoms with van der Waals surface area (Å²) in [4.78, 5) is 9.86. The van der Waals surface area contributed by atoms with Crippen LogP contribution in [0, 0.1) is 0 Å². The summed E-state index contributed by atoms with van der Waals surface area (Å²) in [7, 11) is 0. The first-order valence-corrected chi connectivity index (χ1v) is 3.81. The summed E-state index contributed by atoms with van der Waals surface area (Å²) in [5.41, 5.74) is 0. The summed E-state index contributed by atoms with van der Waals surface area (Å²) in [5, 5.41) is 9.86. The van der Waals surface area contributed by atoms with E-state index in [1.54, 1.807) is 6.08 Å². The normalized spacial score (nSPS) is 11.4. The van der Waals surface area contributed by atoms with E-state index in [2.05, 4.69) is 6.92 Å². The molecule has 62 valence electrons. The summed E-state index contributed by atoms with van der Waals surface area (Å²) in [6.45, 7) is 2.12. The van der Waals surface area contributed by atoms with Crippen molar-refractivity contribution in [2.75, 3.05) is 0 Å². The second-order valence-electron chi connectivity index (χ2n) is 2.25. The van der Waals surface area contributed by atoms with Crippen LogP contribution in [0.2, 0.25) is 0 Å². The number of allylic oxidation sites excluding steroid dienone is 3. The average Bonchev–Trinajstić information content (AvgIpc) is 1.96. The van der Waals surface area contributed by atoms with Gasteiger partial charge in [-0.2, -0.15) is 0 Å². The van der Waals surface area contributed by atoms with Gasteiger partial charge in [0.2, 0.25) is 0 Å². The first kappa shape index (κ1) is 9.95. The maximum absolute atomic E-state index is 9.86. The number of carboxylic acid groups (broad SMARTS) is 1. The van der Waals surface area contributed by atoms with E-state index in [4.69, 9.17) is 0 Å². The Morgan fingerprint density at radius 2 is 2.18 bits per heavy atom. The lowest BCUT2D eigenvalue weighted by atomic mass is 10.2. The smallest absolute Gasteiger partial charge is 0.0642 e. The Morgan fingerprint density at radius 1 is 1.45 bits per heavy atom. The highest BCUT2D eigenvalue weighted by Gasteiger charge is 1.75. The molecule has 0 radical (unpaired) electrons. The van der Waals surface area contributed by atoms with Gasteiger partial charge < -0.3 is 9.90 Å². The maximum Gasteiger partial charge on any atom is 0.0642 e. The molecule has 2 nitrogen and oxygen atoms in total. The van der Waals surface area contributed by atoms with E-state index in [1.807, 2.05) is 6.08 Å². The zero-order valence-corrected chi connectivity index (χ0v) is 6.75. The molecule has 0 rings (SSSR count). The lowest BCUT2D eigenvalue weighted by Crippen LogP contribution is -2.18. The monoisotopic (exact) mass is 153 g/mol. The van der Waals surface area contributed by atoms with Crippen LogP contribution in [0.1, 0.15) is 26.2 Å². The number of carbonyl (C=O) groups excluding carboxylic acids is 1. The van der Waals surface area contributed by atoms with E-state index in [1.165, 1.54) is 6.08 Å². The van der Waals surface area contributed by atoms with Crippen LogP contribution in [-0.4, -0.2) is 5.97 Å². The van der Waals surface area contributed by atoms with Gasteiger partial charge in [-0.05, 0) is 12.5 Å². The molecule has 0 spiro atoms. The quantitative estimate of drug-likeness (QED) is 0.336. The molecule has 0 atom stereocenters. The van der Waals surface area contributed by atoms with Gasteiger partial charge in [-0.3, -0.25) is 0 Å². The SMILES string of the molecule is CCCCC=C/C=C/C(=O)[O-]. The first-order valence-electron chi connectivity index (χ1n) is 3.81. The Hall–Kier alpha value is -1.05. The molecule has 2 heteroatoms. The molecule has 11 heavy (non-hydrogen) atoms. The Bertz CT molecular complexity index is 157. The molecule has 0 aromatic carbocycles. The Morgan fingerprint density at radius 3 is 2.73 bits per heavy atom. The van der Waals surface area contributed by atoms with Crippen LogP contribution in [-0.2, 0) is 4.79 Å². The molecule has 0 aliphatic heterocycles. The van der Waals surface area contributed by atoms with E-state index in [0.29, 0.717) is 0 Å². The van der Waals surface area contributed by atoms with Crippen LogP contribution in [0.3, 0.4) is 0 Å². The fraction of sp³-hybridized carbons (Fsp3) is 0.444. The number of carboxylic acids is 1. The maximum atomic E-state index is 9.86. The summed E-state index contributed by atoms with van der Waals surface area (Å²) >= 11 is 0. The fourth-order valence-electron chi connectivity index (χ4n) is 0.631. The van der Waals surface area contributed by atoms with Gasteiger partial charge in [0, 0.05) is 0 Å². The minimum absolute atomic E-state index is 1.01. The van der Waals surface area contributed by atoms with Crippen molar-refractivity contribution in [3.63, 3.8) is 0 Å². The molecule has 0 unspecified atom stereocenters. The van der Waals surface area contributed by atoms with Gasteiger partial charge in [0.1, 0.15) is 0 Å². The van der Waals surface area contributed by atoms with Gasteiger partial charge in [0.25, 0.3) is 0 Å². The van der Waals surface area contributed by atoms with Gasteiger partial charge in [0.05, 0.1) is 5.97 Å². The van der Waals surface area contributed by atoms with Gasteiger partial charge in [-0.25, -0.2) is 0 Å². The number of hydrogen-bond acceptors (Lipinski definition) is 2. The van der Waals surface area contributed by atoms with Crippen molar-refractivity contribution >= 4 is 5.97 Å². The van der Waals surface area contributed by atoms with Crippen molar-refractivity contribution < 1.29 is 9.90 Å². The molecule has 0 fully saturated rings. The largest absolute Gasteiger partial charge is 0.545 e. The predicted octanol–water partition coefficient (Wildman–Crippen LogP) is 1.04. The van der Waals surface area contributed by atoms with Gasteiger partial charge in [0.15, 0.2) is 0 Å². The summed E-state index contributed by atoms with van der Waals surface area (Å²) in [5.74, 6) is -1.15. The summed E-state index contributed by atoms with van der Waals surface area (Å²) < 4.78 is 0. The van der Waals surface area contributed by atoms with Gasteiger partial charge >= 0.3 is 0 Å². The lowest BCUT2D eigenvalue weighted by molar-refractivity contribution is -0.297.